The molecule has 0 saturated carbocycles. The Kier molecular flexibility index (Phi) is 7.92. The lowest BCUT2D eigenvalue weighted by molar-refractivity contribution is -0.147. The van der Waals surface area contributed by atoms with Crippen LogP contribution in [0.25, 0.3) is 6.08 Å². The summed E-state index contributed by atoms with van der Waals surface area (Å²) in [5.74, 6) is -0.609. The number of ether oxygens (including phenoxy) is 1. The number of nitrogens with one attached hydrogen (secondary N) is 3. The molecule has 140 valence electrons. The van der Waals surface area contributed by atoms with Crippen LogP contribution in [0.1, 0.15) is 12.5 Å². The van der Waals surface area contributed by atoms with Crippen molar-refractivity contribution in [1.82, 2.24) is 15.6 Å². The molecule has 0 fully saturated rings. The van der Waals surface area contributed by atoms with Crippen LogP contribution >= 0.6 is 12.2 Å². The maximum Gasteiger partial charge on any atom is 0.349 e. The van der Waals surface area contributed by atoms with Crippen molar-refractivity contribution in [2.45, 2.75) is 13.1 Å². The molecular weight excluding hydrogens is 364 g/mol. The average molecular weight is 384 g/mol. The van der Waals surface area contributed by atoms with Crippen molar-refractivity contribution in [2.24, 2.45) is 0 Å². The molecule has 0 spiro atoms. The van der Waals surface area contributed by atoms with Gasteiger partial charge in [0.05, 0.1) is 6.61 Å². The van der Waals surface area contributed by atoms with E-state index in [1.165, 1.54) is 6.08 Å². The van der Waals surface area contributed by atoms with Crippen molar-refractivity contribution in [3.63, 3.8) is 0 Å². The number of esters is 1. The maximum atomic E-state index is 12.2. The van der Waals surface area contributed by atoms with Crippen LogP contribution in [0.4, 0.5) is 5.82 Å². The molecule has 2 rings (SSSR count). The zero-order valence-electron chi connectivity index (χ0n) is 14.7. The molecular formula is C19H20N4O3S. The van der Waals surface area contributed by atoms with Gasteiger partial charge >= 0.3 is 5.97 Å². The number of rotatable bonds is 7. The smallest absolute Gasteiger partial charge is 0.349 e. The first kappa shape index (κ1) is 20.1. The third kappa shape index (κ3) is 7.25. The second kappa shape index (κ2) is 10.7. The molecule has 3 N–H and O–H groups in total. The van der Waals surface area contributed by atoms with Crippen molar-refractivity contribution in [2.75, 3.05) is 11.9 Å². The molecule has 0 saturated heterocycles. The molecule has 1 heterocycles. The number of anilines is 1. The Balaban J connectivity index is 1.98. The minimum Gasteiger partial charge on any atom is -0.463 e. The van der Waals surface area contributed by atoms with Crippen LogP contribution in [-0.4, -0.2) is 34.7 Å². The van der Waals surface area contributed by atoms with Gasteiger partial charge in [0.1, 0.15) is 5.82 Å². The van der Waals surface area contributed by atoms with Crippen LogP contribution in [-0.2, 0) is 14.3 Å². The van der Waals surface area contributed by atoms with Gasteiger partial charge in [-0.05, 0) is 42.9 Å². The Morgan fingerprint density at radius 2 is 1.89 bits per heavy atom. The number of aromatic nitrogens is 1. The monoisotopic (exact) mass is 384 g/mol. The fourth-order valence-electron chi connectivity index (χ4n) is 2.03. The molecule has 1 amide bonds. The summed E-state index contributed by atoms with van der Waals surface area (Å²) in [5, 5.41) is 8.21. The number of hydrogen-bond acceptors (Lipinski definition) is 5. The molecule has 7 nitrogen and oxygen atoms in total. The number of carbonyl (C=O) groups is 2. The van der Waals surface area contributed by atoms with E-state index in [1.807, 2.05) is 30.3 Å². The lowest BCUT2D eigenvalue weighted by Gasteiger charge is -2.19. The summed E-state index contributed by atoms with van der Waals surface area (Å²) < 4.78 is 4.98. The molecule has 1 atom stereocenters. The second-order valence-corrected chi connectivity index (χ2v) is 5.66. The van der Waals surface area contributed by atoms with Gasteiger partial charge in [-0.3, -0.25) is 4.79 Å². The predicted molar refractivity (Wildman–Crippen MR) is 108 cm³/mol. The van der Waals surface area contributed by atoms with Gasteiger partial charge in [-0.2, -0.15) is 0 Å². The van der Waals surface area contributed by atoms with Gasteiger partial charge in [-0.1, -0.05) is 36.4 Å². The Morgan fingerprint density at radius 1 is 1.15 bits per heavy atom. The number of hydrogen-bond donors (Lipinski definition) is 3. The zero-order chi connectivity index (χ0) is 19.5. The second-order valence-electron chi connectivity index (χ2n) is 5.25. The van der Waals surface area contributed by atoms with Crippen LogP contribution in [0.3, 0.4) is 0 Å². The topological polar surface area (TPSA) is 92.3 Å². The van der Waals surface area contributed by atoms with Crippen molar-refractivity contribution in [3.8, 4) is 0 Å². The van der Waals surface area contributed by atoms with Crippen molar-refractivity contribution < 1.29 is 14.3 Å². The third-order valence-corrected chi connectivity index (χ3v) is 3.44. The van der Waals surface area contributed by atoms with Gasteiger partial charge in [0.15, 0.2) is 5.11 Å². The highest BCUT2D eigenvalue weighted by Gasteiger charge is 2.22. The Labute approximate surface area is 162 Å². The van der Waals surface area contributed by atoms with Crippen LogP contribution in [0.2, 0.25) is 0 Å². The molecule has 1 unspecified atom stereocenters. The van der Waals surface area contributed by atoms with E-state index in [2.05, 4.69) is 20.9 Å². The van der Waals surface area contributed by atoms with Crippen LogP contribution < -0.4 is 16.0 Å². The molecule has 0 aliphatic heterocycles. The number of nitrogens with zero attached hydrogens (tertiary/aromatic N) is 1. The molecule has 1 aromatic carbocycles. The molecule has 8 heteroatoms. The lowest BCUT2D eigenvalue weighted by Crippen LogP contribution is -2.54. The third-order valence-electron chi connectivity index (χ3n) is 3.22. The molecule has 0 bridgehead atoms. The van der Waals surface area contributed by atoms with Crippen molar-refractivity contribution >= 4 is 41.1 Å². The van der Waals surface area contributed by atoms with E-state index in [9.17, 15) is 9.59 Å². The summed E-state index contributed by atoms with van der Waals surface area (Å²) in [6.45, 7) is 1.85. The molecule has 0 radical (unpaired) electrons. The standard InChI is InChI=1S/C19H20N4O3S/c1-2-26-18(25)17(23-19(27)21-15-10-6-7-13-20-15)22-16(24)12-11-14-8-4-3-5-9-14/h3-13,17H,2H2,1H3,(H,22,24)(H2,20,21,23,27)/b12-11+. The highest BCUT2D eigenvalue weighted by atomic mass is 32.1. The van der Waals surface area contributed by atoms with Gasteiger partial charge in [-0.15, -0.1) is 0 Å². The maximum absolute atomic E-state index is 12.2. The van der Waals surface area contributed by atoms with Crippen LogP contribution in [0.15, 0.2) is 60.8 Å². The van der Waals surface area contributed by atoms with Gasteiger partial charge < -0.3 is 20.7 Å². The fourth-order valence-corrected chi connectivity index (χ4v) is 2.25. The van der Waals surface area contributed by atoms with Crippen molar-refractivity contribution in [3.05, 3.63) is 66.4 Å². The highest BCUT2D eigenvalue weighted by molar-refractivity contribution is 7.80. The SMILES string of the molecule is CCOC(=O)C(NC(=O)/C=C/c1ccccc1)NC(=S)Nc1ccccn1. The lowest BCUT2D eigenvalue weighted by atomic mass is 10.2. The summed E-state index contributed by atoms with van der Waals surface area (Å²) in [4.78, 5) is 28.3. The minimum absolute atomic E-state index is 0.124. The fraction of sp³-hybridized carbons (Fsp3) is 0.158. The van der Waals surface area contributed by atoms with Crippen LogP contribution in [0, 0.1) is 0 Å². The van der Waals surface area contributed by atoms with Crippen LogP contribution in [0.5, 0.6) is 0 Å². The number of carbonyl (C=O) groups excluding carboxylic acids is 2. The molecule has 0 aliphatic carbocycles. The molecule has 27 heavy (non-hydrogen) atoms. The normalized spacial score (nSPS) is 11.4. The van der Waals surface area contributed by atoms with Gasteiger partial charge in [-0.25, -0.2) is 9.78 Å². The van der Waals surface area contributed by atoms with E-state index in [4.69, 9.17) is 17.0 Å². The summed E-state index contributed by atoms with van der Waals surface area (Å²) in [7, 11) is 0. The van der Waals surface area contributed by atoms with E-state index < -0.39 is 18.0 Å². The summed E-state index contributed by atoms with van der Waals surface area (Å²) in [6.07, 6.45) is 3.44. The molecule has 0 aliphatic rings. The molecule has 2 aromatic rings. The van der Waals surface area contributed by atoms with Crippen molar-refractivity contribution in [1.29, 1.82) is 0 Å². The first-order chi connectivity index (χ1) is 13.1. The summed E-state index contributed by atoms with van der Waals surface area (Å²) in [6, 6.07) is 14.6. The van der Waals surface area contributed by atoms with E-state index >= 15 is 0 Å². The van der Waals surface area contributed by atoms with Gasteiger partial charge in [0, 0.05) is 12.3 Å². The number of amides is 1. The molecule has 1 aromatic heterocycles. The van der Waals surface area contributed by atoms with Gasteiger partial charge in [0.2, 0.25) is 12.1 Å². The number of benzene rings is 1. The minimum atomic E-state index is -1.14. The first-order valence-corrected chi connectivity index (χ1v) is 8.68. The summed E-state index contributed by atoms with van der Waals surface area (Å²) in [5.41, 5.74) is 0.862. The van der Waals surface area contributed by atoms with E-state index in [0.717, 1.165) is 5.56 Å². The van der Waals surface area contributed by atoms with E-state index in [0.29, 0.717) is 5.82 Å². The quantitative estimate of drug-likeness (QED) is 0.291. The summed E-state index contributed by atoms with van der Waals surface area (Å²) >= 11 is 5.17. The predicted octanol–water partition coefficient (Wildman–Crippen LogP) is 2.09. The number of pyridine rings is 1. The van der Waals surface area contributed by atoms with Gasteiger partial charge in [0.25, 0.3) is 0 Å². The highest BCUT2D eigenvalue weighted by Crippen LogP contribution is 2.01. The first-order valence-electron chi connectivity index (χ1n) is 8.27. The Morgan fingerprint density at radius 3 is 2.56 bits per heavy atom. The van der Waals surface area contributed by atoms with E-state index in [1.54, 1.807) is 37.4 Å². The Hall–Kier alpha value is -3.26. The Bertz CT molecular complexity index is 797. The van der Waals surface area contributed by atoms with E-state index in [-0.39, 0.29) is 11.7 Å². The average Bonchev–Trinajstić information content (AvgIpc) is 2.67. The number of thiocarbonyl (C=S) groups is 1. The largest absolute Gasteiger partial charge is 0.463 e. The zero-order valence-corrected chi connectivity index (χ0v) is 15.5.